The summed E-state index contributed by atoms with van der Waals surface area (Å²) in [5.74, 6) is 0. The zero-order chi connectivity index (χ0) is 11.5. The van der Waals surface area contributed by atoms with Crippen molar-refractivity contribution in [1.29, 1.82) is 0 Å². The first-order valence-electron chi connectivity index (χ1n) is 4.22. The molecule has 0 bridgehead atoms. The Balaban J connectivity index is 2.27. The summed E-state index contributed by atoms with van der Waals surface area (Å²) in [5, 5.41) is 1.66. The molecule has 2 aromatic rings. The second-order valence-corrected chi connectivity index (χ2v) is 5.08. The molecule has 2 rings (SSSR count). The van der Waals surface area contributed by atoms with Crippen LogP contribution >= 0.6 is 39.3 Å². The van der Waals surface area contributed by atoms with Gasteiger partial charge < -0.3 is 5.73 Å². The number of aromatic nitrogens is 3. The van der Waals surface area contributed by atoms with E-state index in [2.05, 4.69) is 30.9 Å². The van der Waals surface area contributed by atoms with Gasteiger partial charge in [-0.2, -0.15) is 0 Å². The van der Waals surface area contributed by atoms with Gasteiger partial charge in [-0.25, -0.2) is 15.0 Å². The van der Waals surface area contributed by atoms with Gasteiger partial charge in [0.05, 0.1) is 0 Å². The number of anilines is 1. The Morgan fingerprint density at radius 3 is 2.75 bits per heavy atom. The van der Waals surface area contributed by atoms with Gasteiger partial charge in [0.15, 0.2) is 5.15 Å². The molecule has 0 aliphatic rings. The van der Waals surface area contributed by atoms with Crippen LogP contribution in [0.5, 0.6) is 0 Å². The molecule has 2 N–H and O–H groups in total. The average molecular weight is 318 g/mol. The average Bonchev–Trinajstić information content (AvgIpc) is 2.28. The van der Waals surface area contributed by atoms with Crippen LogP contribution in [-0.4, -0.2) is 15.0 Å². The van der Waals surface area contributed by atoms with Crippen LogP contribution in [-0.2, 0) is 0 Å². The molecule has 16 heavy (non-hydrogen) atoms. The lowest BCUT2D eigenvalue weighted by Gasteiger charge is -2.03. The Morgan fingerprint density at radius 2 is 2.06 bits per heavy atom. The molecule has 0 spiro atoms. The smallest absolute Gasteiger partial charge is 0.156 e. The van der Waals surface area contributed by atoms with Crippen LogP contribution in [0.25, 0.3) is 0 Å². The molecule has 0 fully saturated rings. The van der Waals surface area contributed by atoms with E-state index in [0.717, 1.165) is 9.50 Å². The number of rotatable bonds is 2. The number of nitrogen functional groups attached to an aromatic ring is 1. The predicted octanol–water partition coefficient (Wildman–Crippen LogP) is 3.02. The summed E-state index contributed by atoms with van der Waals surface area (Å²) in [7, 11) is 0. The van der Waals surface area contributed by atoms with E-state index >= 15 is 0 Å². The van der Waals surface area contributed by atoms with Crippen molar-refractivity contribution in [1.82, 2.24) is 15.0 Å². The Hall–Kier alpha value is -0.850. The van der Waals surface area contributed by atoms with Gasteiger partial charge in [-0.3, -0.25) is 0 Å². The molecule has 0 aliphatic carbocycles. The predicted molar refractivity (Wildman–Crippen MR) is 67.5 cm³/mol. The summed E-state index contributed by atoms with van der Waals surface area (Å²) in [6.07, 6.45) is 3.08. The third-order valence-electron chi connectivity index (χ3n) is 1.70. The van der Waals surface area contributed by atoms with Gasteiger partial charge in [0.1, 0.15) is 22.1 Å². The lowest BCUT2D eigenvalue weighted by molar-refractivity contribution is 1.04. The minimum absolute atomic E-state index is 0.259. The topological polar surface area (TPSA) is 64.7 Å². The Kier molecular flexibility index (Phi) is 3.63. The monoisotopic (exact) mass is 316 g/mol. The van der Waals surface area contributed by atoms with Crippen LogP contribution < -0.4 is 5.73 Å². The molecule has 0 aliphatic heterocycles. The summed E-state index contributed by atoms with van der Waals surface area (Å²) in [5.41, 5.74) is 6.12. The standard InChI is InChI=1S/C9H6BrClN4S/c10-5-1-2-6(13-3-5)16-9-7(12)8(11)14-4-15-9/h1-4H,12H2. The van der Waals surface area contributed by atoms with E-state index < -0.39 is 0 Å². The Morgan fingerprint density at radius 1 is 1.25 bits per heavy atom. The second-order valence-electron chi connectivity index (χ2n) is 2.80. The molecule has 0 saturated carbocycles. The van der Waals surface area contributed by atoms with Crippen molar-refractivity contribution < 1.29 is 0 Å². The quantitative estimate of drug-likeness (QED) is 0.863. The SMILES string of the molecule is Nc1c(Cl)ncnc1Sc1ccc(Br)cn1. The Bertz CT molecular complexity index is 505. The van der Waals surface area contributed by atoms with Crippen LogP contribution in [0.1, 0.15) is 0 Å². The van der Waals surface area contributed by atoms with Crippen molar-refractivity contribution in [3.63, 3.8) is 0 Å². The second kappa shape index (κ2) is 4.99. The highest BCUT2D eigenvalue weighted by Gasteiger charge is 2.08. The zero-order valence-electron chi connectivity index (χ0n) is 7.89. The van der Waals surface area contributed by atoms with Gasteiger partial charge >= 0.3 is 0 Å². The van der Waals surface area contributed by atoms with Gasteiger partial charge in [0.2, 0.25) is 0 Å². The molecular weight excluding hydrogens is 312 g/mol. The molecule has 0 radical (unpaired) electrons. The van der Waals surface area contributed by atoms with Gasteiger partial charge in [0, 0.05) is 10.7 Å². The first kappa shape index (κ1) is 11.6. The number of nitrogens with zero attached hydrogens (tertiary/aromatic N) is 3. The lowest BCUT2D eigenvalue weighted by atomic mass is 10.5. The van der Waals surface area contributed by atoms with Crippen molar-refractivity contribution in [3.8, 4) is 0 Å². The van der Waals surface area contributed by atoms with Gasteiger partial charge in [-0.1, -0.05) is 11.6 Å². The van der Waals surface area contributed by atoms with E-state index in [1.165, 1.54) is 18.1 Å². The van der Waals surface area contributed by atoms with Crippen LogP contribution in [0.3, 0.4) is 0 Å². The molecule has 2 heterocycles. The molecular formula is C9H6BrClN4S. The van der Waals surface area contributed by atoms with E-state index in [0.29, 0.717) is 10.7 Å². The van der Waals surface area contributed by atoms with Crippen LogP contribution in [0, 0.1) is 0 Å². The molecule has 0 saturated heterocycles. The van der Waals surface area contributed by atoms with Crippen LogP contribution in [0.15, 0.2) is 39.2 Å². The molecule has 0 amide bonds. The maximum absolute atomic E-state index is 5.79. The van der Waals surface area contributed by atoms with Crippen molar-refractivity contribution in [2.45, 2.75) is 10.1 Å². The van der Waals surface area contributed by atoms with Crippen molar-refractivity contribution in [2.75, 3.05) is 5.73 Å². The summed E-state index contributed by atoms with van der Waals surface area (Å²) in [6.45, 7) is 0. The summed E-state index contributed by atoms with van der Waals surface area (Å²) >= 11 is 10.4. The molecule has 0 aromatic carbocycles. The van der Waals surface area contributed by atoms with E-state index in [4.69, 9.17) is 17.3 Å². The maximum atomic E-state index is 5.79. The highest BCUT2D eigenvalue weighted by atomic mass is 79.9. The third-order valence-corrected chi connectivity index (χ3v) is 3.44. The maximum Gasteiger partial charge on any atom is 0.156 e. The van der Waals surface area contributed by atoms with Crippen LogP contribution in [0.2, 0.25) is 5.15 Å². The van der Waals surface area contributed by atoms with Gasteiger partial charge in [-0.15, -0.1) is 0 Å². The number of hydrogen-bond donors (Lipinski definition) is 1. The van der Waals surface area contributed by atoms with Gasteiger partial charge in [0.25, 0.3) is 0 Å². The number of pyridine rings is 1. The number of hydrogen-bond acceptors (Lipinski definition) is 5. The van der Waals surface area contributed by atoms with Crippen molar-refractivity contribution >= 4 is 45.0 Å². The fraction of sp³-hybridized carbons (Fsp3) is 0. The number of nitrogens with two attached hydrogens (primary N) is 1. The summed E-state index contributed by atoms with van der Waals surface area (Å²) in [6, 6.07) is 3.76. The van der Waals surface area contributed by atoms with E-state index in [-0.39, 0.29) is 5.15 Å². The fourth-order valence-corrected chi connectivity index (χ4v) is 2.13. The zero-order valence-corrected chi connectivity index (χ0v) is 11.1. The summed E-state index contributed by atoms with van der Waals surface area (Å²) < 4.78 is 0.922. The van der Waals surface area contributed by atoms with E-state index in [1.807, 2.05) is 12.1 Å². The highest BCUT2D eigenvalue weighted by Crippen LogP contribution is 2.31. The first-order chi connectivity index (χ1) is 7.66. The molecule has 0 atom stereocenters. The highest BCUT2D eigenvalue weighted by molar-refractivity contribution is 9.10. The molecule has 7 heteroatoms. The van der Waals surface area contributed by atoms with Gasteiger partial charge in [-0.05, 0) is 39.8 Å². The third kappa shape index (κ3) is 2.63. The molecule has 0 unspecified atom stereocenters. The van der Waals surface area contributed by atoms with Crippen LogP contribution in [0.4, 0.5) is 5.69 Å². The van der Waals surface area contributed by atoms with E-state index in [9.17, 15) is 0 Å². The molecule has 82 valence electrons. The lowest BCUT2D eigenvalue weighted by Crippen LogP contribution is -1.95. The molecule has 2 aromatic heterocycles. The fourth-order valence-electron chi connectivity index (χ4n) is 0.962. The number of halogens is 2. The Labute approximate surface area is 110 Å². The normalized spacial score (nSPS) is 10.4. The first-order valence-corrected chi connectivity index (χ1v) is 6.21. The van der Waals surface area contributed by atoms with Crippen molar-refractivity contribution in [3.05, 3.63) is 34.3 Å². The minimum Gasteiger partial charge on any atom is -0.394 e. The minimum atomic E-state index is 0.259. The largest absolute Gasteiger partial charge is 0.394 e. The van der Waals surface area contributed by atoms with E-state index in [1.54, 1.807) is 6.20 Å². The molecule has 4 nitrogen and oxygen atoms in total. The summed E-state index contributed by atoms with van der Waals surface area (Å²) in [4.78, 5) is 12.0. The van der Waals surface area contributed by atoms with Crippen molar-refractivity contribution in [2.24, 2.45) is 0 Å².